The van der Waals surface area contributed by atoms with E-state index in [1.54, 1.807) is 0 Å². The van der Waals surface area contributed by atoms with Gasteiger partial charge in [0.05, 0.1) is 30.3 Å². The predicted molar refractivity (Wildman–Crippen MR) is 74.1 cm³/mol. The molecule has 0 spiro atoms. The Morgan fingerprint density at radius 1 is 1.16 bits per heavy atom. The van der Waals surface area contributed by atoms with E-state index in [-0.39, 0.29) is 0 Å². The van der Waals surface area contributed by atoms with Crippen LogP contribution in [0.15, 0.2) is 24.3 Å². The molecule has 1 aromatic rings. The second-order valence-electron chi connectivity index (χ2n) is 4.96. The SMILES string of the molecule is CS(=O)(=O)[O-].C[N+]1(c2ccc(C=O)cc2)CCCC1. The summed E-state index contributed by atoms with van der Waals surface area (Å²) in [7, 11) is -1.65. The van der Waals surface area contributed by atoms with Crippen LogP contribution in [0.2, 0.25) is 0 Å². The van der Waals surface area contributed by atoms with E-state index in [9.17, 15) is 4.79 Å². The van der Waals surface area contributed by atoms with E-state index in [1.165, 1.54) is 31.6 Å². The normalized spacial score (nSPS) is 17.4. The first kappa shape index (κ1) is 15.8. The van der Waals surface area contributed by atoms with Gasteiger partial charge < -0.3 is 4.55 Å². The van der Waals surface area contributed by atoms with Crippen LogP contribution >= 0.6 is 0 Å². The van der Waals surface area contributed by atoms with Gasteiger partial charge in [-0.1, -0.05) is 0 Å². The molecule has 106 valence electrons. The van der Waals surface area contributed by atoms with Crippen LogP contribution in [0.4, 0.5) is 5.69 Å². The van der Waals surface area contributed by atoms with E-state index in [1.807, 2.05) is 12.1 Å². The Bertz CT molecular complexity index is 508. The number of carbonyl (C=O) groups excluding carboxylic acids is 1. The third-order valence-electron chi connectivity index (χ3n) is 3.21. The van der Waals surface area contributed by atoms with Gasteiger partial charge in [-0.2, -0.15) is 0 Å². The van der Waals surface area contributed by atoms with Gasteiger partial charge >= 0.3 is 0 Å². The Kier molecular flexibility index (Phi) is 5.22. The second-order valence-corrected chi connectivity index (χ2v) is 6.37. The minimum absolute atomic E-state index is 0.604. The Labute approximate surface area is 114 Å². The molecule has 1 aliphatic heterocycles. The quantitative estimate of drug-likeness (QED) is 0.467. The van der Waals surface area contributed by atoms with Gasteiger partial charge in [0.15, 0.2) is 0 Å². The average molecular weight is 285 g/mol. The zero-order valence-corrected chi connectivity index (χ0v) is 12.0. The highest BCUT2D eigenvalue weighted by molar-refractivity contribution is 7.84. The monoisotopic (exact) mass is 285 g/mol. The van der Waals surface area contributed by atoms with E-state index >= 15 is 0 Å². The van der Waals surface area contributed by atoms with E-state index in [4.69, 9.17) is 13.0 Å². The third kappa shape index (κ3) is 5.50. The molecule has 6 heteroatoms. The highest BCUT2D eigenvalue weighted by Crippen LogP contribution is 2.26. The predicted octanol–water partition coefficient (Wildman–Crippen LogP) is 1.39. The number of carbonyl (C=O) groups is 1. The number of hydrogen-bond acceptors (Lipinski definition) is 4. The molecule has 0 radical (unpaired) electrons. The maximum atomic E-state index is 10.5. The molecular weight excluding hydrogens is 266 g/mol. The highest BCUT2D eigenvalue weighted by Gasteiger charge is 2.28. The van der Waals surface area contributed by atoms with Crippen LogP contribution in [0.25, 0.3) is 0 Å². The van der Waals surface area contributed by atoms with Gasteiger partial charge in [-0.15, -0.1) is 0 Å². The Hall–Kier alpha value is -1.24. The van der Waals surface area contributed by atoms with Crippen molar-refractivity contribution in [1.29, 1.82) is 0 Å². The maximum absolute atomic E-state index is 10.5. The molecule has 0 saturated carbocycles. The summed E-state index contributed by atoms with van der Waals surface area (Å²) in [6, 6.07) is 7.97. The first-order chi connectivity index (χ1) is 8.74. The van der Waals surface area contributed by atoms with Crippen molar-refractivity contribution < 1.29 is 17.8 Å². The number of quaternary nitrogens is 1. The molecule has 0 aliphatic carbocycles. The Morgan fingerprint density at radius 2 is 1.58 bits per heavy atom. The number of likely N-dealkylation sites (tertiary alicyclic amines) is 1. The topological polar surface area (TPSA) is 74.3 Å². The zero-order chi connectivity index (χ0) is 14.5. The van der Waals surface area contributed by atoms with Gasteiger partial charge in [0.25, 0.3) is 0 Å². The maximum Gasteiger partial charge on any atom is 0.150 e. The fourth-order valence-electron chi connectivity index (χ4n) is 2.20. The van der Waals surface area contributed by atoms with E-state index in [2.05, 4.69) is 19.2 Å². The molecule has 0 N–H and O–H groups in total. The van der Waals surface area contributed by atoms with Gasteiger partial charge in [-0.3, -0.25) is 9.28 Å². The molecule has 1 fully saturated rings. The van der Waals surface area contributed by atoms with Crippen molar-refractivity contribution in [3.63, 3.8) is 0 Å². The van der Waals surface area contributed by atoms with Gasteiger partial charge in [0.2, 0.25) is 0 Å². The number of benzene rings is 1. The molecule has 2 rings (SSSR count). The van der Waals surface area contributed by atoms with Gasteiger partial charge in [0, 0.05) is 24.7 Å². The fraction of sp³-hybridized carbons (Fsp3) is 0.462. The van der Waals surface area contributed by atoms with E-state index in [0.717, 1.165) is 16.3 Å². The molecule has 0 atom stereocenters. The molecule has 0 aromatic heterocycles. The summed E-state index contributed by atoms with van der Waals surface area (Å²) in [4.78, 5) is 10.5. The number of rotatable bonds is 2. The summed E-state index contributed by atoms with van der Waals surface area (Å²) in [6.07, 6.45) is 4.12. The third-order valence-corrected chi connectivity index (χ3v) is 3.21. The smallest absolute Gasteiger partial charge is 0.150 e. The lowest BCUT2D eigenvalue weighted by Crippen LogP contribution is -2.41. The Morgan fingerprint density at radius 3 is 1.95 bits per heavy atom. The molecule has 0 unspecified atom stereocenters. The summed E-state index contributed by atoms with van der Waals surface area (Å²) in [5.74, 6) is 0. The summed E-state index contributed by atoms with van der Waals surface area (Å²) >= 11 is 0. The summed E-state index contributed by atoms with van der Waals surface area (Å²) in [6.45, 7) is 2.45. The molecule has 0 bridgehead atoms. The fourth-order valence-corrected chi connectivity index (χ4v) is 2.20. The molecule has 1 aromatic carbocycles. The molecular formula is C13H19NO4S. The standard InChI is InChI=1S/C12H16NO.CH4O3S/c1-13(8-2-3-9-13)12-6-4-11(10-14)5-7-12;1-5(2,3)4/h4-7,10H,2-3,8-9H2,1H3;1H3,(H,2,3,4)/q+1;/p-1. The summed E-state index contributed by atoms with van der Waals surface area (Å²) in [5, 5.41) is 0. The Balaban J connectivity index is 0.000000312. The number of aldehydes is 1. The van der Waals surface area contributed by atoms with E-state index < -0.39 is 10.1 Å². The van der Waals surface area contributed by atoms with Crippen LogP contribution in [-0.2, 0) is 10.1 Å². The number of nitrogens with zero attached hydrogens (tertiary/aromatic N) is 1. The second kappa shape index (κ2) is 6.27. The molecule has 1 aliphatic rings. The first-order valence-electron chi connectivity index (χ1n) is 6.06. The van der Waals surface area contributed by atoms with Gasteiger partial charge in [-0.05, 0) is 24.3 Å². The van der Waals surface area contributed by atoms with Crippen LogP contribution in [0.1, 0.15) is 23.2 Å². The molecule has 5 nitrogen and oxygen atoms in total. The van der Waals surface area contributed by atoms with Crippen LogP contribution in [-0.4, -0.2) is 45.6 Å². The van der Waals surface area contributed by atoms with Crippen LogP contribution in [0, 0.1) is 0 Å². The van der Waals surface area contributed by atoms with Crippen molar-refractivity contribution in [1.82, 2.24) is 4.48 Å². The van der Waals surface area contributed by atoms with Crippen molar-refractivity contribution in [2.75, 3.05) is 26.4 Å². The lowest BCUT2D eigenvalue weighted by molar-refractivity contribution is 0.112. The summed E-state index contributed by atoms with van der Waals surface area (Å²) < 4.78 is 28.3. The lowest BCUT2D eigenvalue weighted by atomic mass is 10.2. The molecule has 1 saturated heterocycles. The van der Waals surface area contributed by atoms with Gasteiger partial charge in [-0.25, -0.2) is 8.42 Å². The molecule has 1 heterocycles. The van der Waals surface area contributed by atoms with Gasteiger partial charge in [0.1, 0.15) is 12.0 Å². The van der Waals surface area contributed by atoms with Crippen LogP contribution in [0.3, 0.4) is 0 Å². The minimum Gasteiger partial charge on any atom is -0.748 e. The molecule has 0 amide bonds. The van der Waals surface area contributed by atoms with Crippen LogP contribution < -0.4 is 4.48 Å². The highest BCUT2D eigenvalue weighted by atomic mass is 32.2. The van der Waals surface area contributed by atoms with Crippen molar-refractivity contribution in [3.8, 4) is 0 Å². The molecule has 19 heavy (non-hydrogen) atoms. The van der Waals surface area contributed by atoms with Crippen molar-refractivity contribution in [2.24, 2.45) is 0 Å². The van der Waals surface area contributed by atoms with E-state index in [0.29, 0.717) is 6.26 Å². The summed E-state index contributed by atoms with van der Waals surface area (Å²) in [5.41, 5.74) is 2.09. The van der Waals surface area contributed by atoms with Crippen LogP contribution in [0.5, 0.6) is 0 Å². The largest absolute Gasteiger partial charge is 0.748 e. The minimum atomic E-state index is -3.92. The van der Waals surface area contributed by atoms with Crippen molar-refractivity contribution >= 4 is 22.1 Å². The van der Waals surface area contributed by atoms with Crippen molar-refractivity contribution in [3.05, 3.63) is 29.8 Å². The lowest BCUT2D eigenvalue weighted by Gasteiger charge is -2.28. The average Bonchev–Trinajstić information content (AvgIpc) is 2.75. The van der Waals surface area contributed by atoms with Crippen molar-refractivity contribution in [2.45, 2.75) is 12.8 Å². The zero-order valence-electron chi connectivity index (χ0n) is 11.2. The number of hydrogen-bond donors (Lipinski definition) is 0. The first-order valence-corrected chi connectivity index (χ1v) is 7.87.